The molecule has 0 aliphatic heterocycles. The van der Waals surface area contributed by atoms with Crippen molar-refractivity contribution in [3.8, 4) is 0 Å². The van der Waals surface area contributed by atoms with Gasteiger partial charge in [-0.1, -0.05) is 35.9 Å². The van der Waals surface area contributed by atoms with Crippen LogP contribution in [0.1, 0.15) is 40.4 Å². The highest BCUT2D eigenvalue weighted by molar-refractivity contribution is 6.30. The van der Waals surface area contributed by atoms with Gasteiger partial charge in [-0.2, -0.15) is 0 Å². The average molecular weight is 435 g/mol. The van der Waals surface area contributed by atoms with Crippen LogP contribution in [0.5, 0.6) is 0 Å². The van der Waals surface area contributed by atoms with E-state index >= 15 is 0 Å². The molecule has 0 unspecified atom stereocenters. The molecule has 1 heterocycles. The second-order valence-corrected chi connectivity index (χ2v) is 8.15. The summed E-state index contributed by atoms with van der Waals surface area (Å²) < 4.78 is 0. The molecule has 1 aliphatic carbocycles. The molecule has 0 radical (unpaired) electrons. The van der Waals surface area contributed by atoms with Crippen LogP contribution in [-0.2, 0) is 10.2 Å². The molecule has 0 bridgehead atoms. The quantitative estimate of drug-likeness (QED) is 0.526. The SMILES string of the molecule is N[C@@H](CNC(=O)C1(c2ccc(Cl)cc2)CC1)c1ccc(C(=O)Nc2ccncc2)cc1. The smallest absolute Gasteiger partial charge is 0.255 e. The van der Waals surface area contributed by atoms with E-state index in [0.29, 0.717) is 22.8 Å². The molecule has 2 amide bonds. The summed E-state index contributed by atoms with van der Waals surface area (Å²) >= 11 is 5.96. The van der Waals surface area contributed by atoms with E-state index in [0.717, 1.165) is 24.0 Å². The van der Waals surface area contributed by atoms with E-state index in [1.807, 2.05) is 36.4 Å². The van der Waals surface area contributed by atoms with Gasteiger partial charge in [0.25, 0.3) is 5.91 Å². The Kier molecular flexibility index (Phi) is 6.02. The zero-order valence-corrected chi connectivity index (χ0v) is 17.6. The van der Waals surface area contributed by atoms with Crippen molar-refractivity contribution in [1.82, 2.24) is 10.3 Å². The number of aromatic nitrogens is 1. The fourth-order valence-corrected chi connectivity index (χ4v) is 3.68. The molecule has 4 rings (SSSR count). The van der Waals surface area contributed by atoms with Crippen LogP contribution in [0.3, 0.4) is 0 Å². The molecule has 0 spiro atoms. The highest BCUT2D eigenvalue weighted by atomic mass is 35.5. The number of halogens is 1. The largest absolute Gasteiger partial charge is 0.353 e. The summed E-state index contributed by atoms with van der Waals surface area (Å²) in [6, 6.07) is 17.6. The van der Waals surface area contributed by atoms with Crippen LogP contribution >= 0.6 is 11.6 Å². The van der Waals surface area contributed by atoms with Crippen molar-refractivity contribution in [3.05, 3.63) is 94.8 Å². The second kappa shape index (κ2) is 8.88. The van der Waals surface area contributed by atoms with Gasteiger partial charge in [-0.25, -0.2) is 0 Å². The molecule has 7 heteroatoms. The Morgan fingerprint density at radius 2 is 1.65 bits per heavy atom. The first-order valence-electron chi connectivity index (χ1n) is 10.1. The number of hydrogen-bond donors (Lipinski definition) is 3. The molecule has 0 saturated heterocycles. The van der Waals surface area contributed by atoms with Crippen LogP contribution in [-0.4, -0.2) is 23.3 Å². The lowest BCUT2D eigenvalue weighted by Gasteiger charge is -2.19. The number of rotatable bonds is 7. The summed E-state index contributed by atoms with van der Waals surface area (Å²) in [7, 11) is 0. The monoisotopic (exact) mass is 434 g/mol. The first-order valence-corrected chi connectivity index (χ1v) is 10.5. The van der Waals surface area contributed by atoms with Gasteiger partial charge in [0.2, 0.25) is 5.91 Å². The Labute approximate surface area is 185 Å². The predicted octanol–water partition coefficient (Wildman–Crippen LogP) is 3.84. The lowest BCUT2D eigenvalue weighted by molar-refractivity contribution is -0.123. The number of nitrogens with one attached hydrogen (secondary N) is 2. The molecule has 158 valence electrons. The zero-order valence-electron chi connectivity index (χ0n) is 16.8. The number of hydrogen-bond acceptors (Lipinski definition) is 4. The van der Waals surface area contributed by atoms with Crippen LogP contribution in [0.2, 0.25) is 5.02 Å². The van der Waals surface area contributed by atoms with Gasteiger partial charge in [0.05, 0.1) is 5.41 Å². The van der Waals surface area contributed by atoms with Gasteiger partial charge in [-0.05, 0) is 60.4 Å². The maximum Gasteiger partial charge on any atom is 0.255 e. The lowest BCUT2D eigenvalue weighted by Crippen LogP contribution is -2.38. The van der Waals surface area contributed by atoms with Gasteiger partial charge in [0, 0.05) is 41.3 Å². The van der Waals surface area contributed by atoms with Gasteiger partial charge >= 0.3 is 0 Å². The van der Waals surface area contributed by atoms with E-state index in [1.54, 1.807) is 36.7 Å². The molecule has 3 aromatic rings. The fourth-order valence-electron chi connectivity index (χ4n) is 3.55. The predicted molar refractivity (Wildman–Crippen MR) is 121 cm³/mol. The number of carbonyl (C=O) groups excluding carboxylic acids is 2. The second-order valence-electron chi connectivity index (χ2n) is 7.72. The van der Waals surface area contributed by atoms with Crippen molar-refractivity contribution in [1.29, 1.82) is 0 Å². The summed E-state index contributed by atoms with van der Waals surface area (Å²) in [5.41, 5.74) is 8.83. The maximum absolute atomic E-state index is 12.8. The minimum absolute atomic E-state index is 0.0152. The third-order valence-electron chi connectivity index (χ3n) is 5.60. The molecule has 1 aliphatic rings. The Hall–Kier alpha value is -3.22. The van der Waals surface area contributed by atoms with Crippen LogP contribution in [0.25, 0.3) is 0 Å². The van der Waals surface area contributed by atoms with Gasteiger partial charge in [-0.3, -0.25) is 14.6 Å². The summed E-state index contributed by atoms with van der Waals surface area (Å²) in [5, 5.41) is 6.45. The first-order chi connectivity index (χ1) is 15.0. The van der Waals surface area contributed by atoms with Gasteiger partial charge < -0.3 is 16.4 Å². The molecule has 31 heavy (non-hydrogen) atoms. The molecule has 1 atom stereocenters. The van der Waals surface area contributed by atoms with E-state index in [1.165, 1.54) is 0 Å². The number of nitrogens with zero attached hydrogens (tertiary/aromatic N) is 1. The third-order valence-corrected chi connectivity index (χ3v) is 5.86. The van der Waals surface area contributed by atoms with Crippen molar-refractivity contribution in [2.45, 2.75) is 24.3 Å². The number of amides is 2. The maximum atomic E-state index is 12.8. The van der Waals surface area contributed by atoms with Crippen molar-refractivity contribution in [2.24, 2.45) is 5.73 Å². The van der Waals surface area contributed by atoms with E-state index in [9.17, 15) is 9.59 Å². The molecule has 6 nitrogen and oxygen atoms in total. The van der Waals surface area contributed by atoms with Gasteiger partial charge in [-0.15, -0.1) is 0 Å². The summed E-state index contributed by atoms with van der Waals surface area (Å²) in [6.45, 7) is 0.316. The minimum atomic E-state index is -0.473. The van der Waals surface area contributed by atoms with Crippen molar-refractivity contribution in [2.75, 3.05) is 11.9 Å². The van der Waals surface area contributed by atoms with Gasteiger partial charge in [0.1, 0.15) is 0 Å². The van der Waals surface area contributed by atoms with Crippen LogP contribution in [0.4, 0.5) is 5.69 Å². The zero-order chi connectivity index (χ0) is 21.8. The standard InChI is InChI=1S/C24H23ClN4O2/c25-19-7-5-18(6-8-19)24(11-12-24)23(31)28-15-21(26)16-1-3-17(4-2-16)22(30)29-20-9-13-27-14-10-20/h1-10,13-14,21H,11-12,15,26H2,(H,28,31)(H,27,29,30)/t21-/m0/s1. The topological polar surface area (TPSA) is 97.1 Å². The summed E-state index contributed by atoms with van der Waals surface area (Å²) in [5.74, 6) is -0.225. The molecular formula is C24H23ClN4O2. The Bertz CT molecular complexity index is 1060. The van der Waals surface area contributed by atoms with Crippen LogP contribution < -0.4 is 16.4 Å². The number of pyridine rings is 1. The number of benzene rings is 2. The number of anilines is 1. The Morgan fingerprint density at radius 1 is 1.00 bits per heavy atom. The number of carbonyl (C=O) groups is 2. The van der Waals surface area contributed by atoms with E-state index in [4.69, 9.17) is 17.3 Å². The molecule has 1 saturated carbocycles. The van der Waals surface area contributed by atoms with Gasteiger partial charge in [0.15, 0.2) is 0 Å². The molecule has 4 N–H and O–H groups in total. The molecular weight excluding hydrogens is 412 g/mol. The van der Waals surface area contributed by atoms with E-state index < -0.39 is 5.41 Å². The Morgan fingerprint density at radius 3 is 2.26 bits per heavy atom. The highest BCUT2D eigenvalue weighted by Gasteiger charge is 2.51. The summed E-state index contributed by atoms with van der Waals surface area (Å²) in [4.78, 5) is 29.1. The highest BCUT2D eigenvalue weighted by Crippen LogP contribution is 2.48. The van der Waals surface area contributed by atoms with E-state index in [-0.39, 0.29) is 17.9 Å². The molecule has 2 aromatic carbocycles. The first kappa shape index (κ1) is 21.0. The van der Waals surface area contributed by atoms with E-state index in [2.05, 4.69) is 15.6 Å². The van der Waals surface area contributed by atoms with Crippen molar-refractivity contribution < 1.29 is 9.59 Å². The van der Waals surface area contributed by atoms with Crippen LogP contribution in [0, 0.1) is 0 Å². The van der Waals surface area contributed by atoms with Crippen molar-refractivity contribution >= 4 is 29.1 Å². The molecule has 1 fully saturated rings. The Balaban J connectivity index is 1.33. The minimum Gasteiger partial charge on any atom is -0.353 e. The number of nitrogens with two attached hydrogens (primary N) is 1. The lowest BCUT2D eigenvalue weighted by atomic mass is 9.95. The van der Waals surface area contributed by atoms with Crippen LogP contribution in [0.15, 0.2) is 73.1 Å². The normalized spacial score (nSPS) is 15.0. The average Bonchev–Trinajstić information content (AvgIpc) is 3.60. The third kappa shape index (κ3) is 4.76. The fraction of sp³-hybridized carbons (Fsp3) is 0.208. The summed E-state index contributed by atoms with van der Waals surface area (Å²) in [6.07, 6.45) is 4.86. The molecule has 1 aromatic heterocycles. The van der Waals surface area contributed by atoms with Crippen molar-refractivity contribution in [3.63, 3.8) is 0 Å².